The standard InChI is InChI=1S/C21H20ClN3O4S2/c1-3-25-17-10-15(6-9-18(17)29-11-19(25)26)20-13(2)30-21(23-20)24-31(27,28)12-14-4-7-16(22)8-5-14/h4-10H,3,11-12H2,1-2H3,(H,23,24). The molecule has 10 heteroatoms. The molecule has 0 aliphatic carbocycles. The molecule has 31 heavy (non-hydrogen) atoms. The molecule has 0 saturated carbocycles. The van der Waals surface area contributed by atoms with Crippen LogP contribution in [0.15, 0.2) is 42.5 Å². The number of hydrogen-bond donors (Lipinski definition) is 1. The second-order valence-corrected chi connectivity index (χ2v) is 10.4. The van der Waals surface area contributed by atoms with Crippen molar-refractivity contribution in [2.45, 2.75) is 19.6 Å². The van der Waals surface area contributed by atoms with E-state index in [1.165, 1.54) is 11.3 Å². The largest absolute Gasteiger partial charge is 0.482 e. The zero-order valence-electron chi connectivity index (χ0n) is 16.9. The lowest BCUT2D eigenvalue weighted by Crippen LogP contribution is -2.38. The Bertz CT molecular complexity index is 1240. The minimum absolute atomic E-state index is 0.0233. The number of hydrogen-bond acceptors (Lipinski definition) is 6. The van der Waals surface area contributed by atoms with Gasteiger partial charge in [0.05, 0.1) is 17.1 Å². The van der Waals surface area contributed by atoms with E-state index in [0.717, 1.165) is 10.4 Å². The van der Waals surface area contributed by atoms with Gasteiger partial charge in [-0.25, -0.2) is 13.4 Å². The van der Waals surface area contributed by atoms with Crippen molar-refractivity contribution in [1.82, 2.24) is 4.98 Å². The van der Waals surface area contributed by atoms with E-state index in [2.05, 4.69) is 9.71 Å². The number of ether oxygens (including phenoxy) is 1. The van der Waals surface area contributed by atoms with E-state index in [4.69, 9.17) is 16.3 Å². The van der Waals surface area contributed by atoms with Gasteiger partial charge in [-0.3, -0.25) is 9.52 Å². The Labute approximate surface area is 189 Å². The molecule has 0 fully saturated rings. The Balaban J connectivity index is 1.59. The number of amides is 1. The topological polar surface area (TPSA) is 88.6 Å². The monoisotopic (exact) mass is 477 g/mol. The molecule has 7 nitrogen and oxygen atoms in total. The predicted molar refractivity (Wildman–Crippen MR) is 124 cm³/mol. The number of carbonyl (C=O) groups is 1. The number of anilines is 2. The summed E-state index contributed by atoms with van der Waals surface area (Å²) in [5.74, 6) is 0.363. The van der Waals surface area contributed by atoms with Crippen molar-refractivity contribution in [3.8, 4) is 17.0 Å². The van der Waals surface area contributed by atoms with E-state index in [1.54, 1.807) is 29.2 Å². The van der Waals surface area contributed by atoms with Crippen molar-refractivity contribution in [2.24, 2.45) is 0 Å². The molecule has 0 spiro atoms. The number of nitrogens with zero attached hydrogens (tertiary/aromatic N) is 2. The average Bonchev–Trinajstić information content (AvgIpc) is 3.08. The summed E-state index contributed by atoms with van der Waals surface area (Å²) in [4.78, 5) is 19.2. The van der Waals surface area contributed by atoms with Crippen LogP contribution >= 0.6 is 22.9 Å². The smallest absolute Gasteiger partial charge is 0.265 e. The van der Waals surface area contributed by atoms with E-state index in [-0.39, 0.29) is 18.3 Å². The van der Waals surface area contributed by atoms with Crippen molar-refractivity contribution < 1.29 is 17.9 Å². The quantitative estimate of drug-likeness (QED) is 0.566. The maximum atomic E-state index is 12.6. The minimum atomic E-state index is -3.64. The van der Waals surface area contributed by atoms with Crippen LogP contribution in [0.2, 0.25) is 5.02 Å². The number of fused-ring (bicyclic) bond motifs is 1. The number of benzene rings is 2. The third-order valence-electron chi connectivity index (χ3n) is 4.80. The molecule has 1 aromatic heterocycles. The molecule has 2 heterocycles. The van der Waals surface area contributed by atoms with Crippen LogP contribution in [0.5, 0.6) is 5.75 Å². The van der Waals surface area contributed by atoms with E-state index in [9.17, 15) is 13.2 Å². The highest BCUT2D eigenvalue weighted by molar-refractivity contribution is 7.92. The molecule has 1 N–H and O–H groups in total. The zero-order chi connectivity index (χ0) is 22.2. The molecule has 1 aliphatic heterocycles. The molecule has 0 atom stereocenters. The maximum Gasteiger partial charge on any atom is 0.265 e. The van der Waals surface area contributed by atoms with Crippen molar-refractivity contribution in [1.29, 1.82) is 0 Å². The van der Waals surface area contributed by atoms with Crippen molar-refractivity contribution in [3.05, 3.63) is 57.9 Å². The molecular weight excluding hydrogens is 458 g/mol. The van der Waals surface area contributed by atoms with Gasteiger partial charge < -0.3 is 9.64 Å². The molecule has 3 aromatic rings. The number of halogens is 1. The first-order valence-electron chi connectivity index (χ1n) is 9.55. The first-order valence-corrected chi connectivity index (χ1v) is 12.4. The van der Waals surface area contributed by atoms with Crippen molar-refractivity contribution in [2.75, 3.05) is 22.8 Å². The van der Waals surface area contributed by atoms with Crippen molar-refractivity contribution in [3.63, 3.8) is 0 Å². The number of carbonyl (C=O) groups excluding carboxylic acids is 1. The Morgan fingerprint density at radius 2 is 1.97 bits per heavy atom. The first-order chi connectivity index (χ1) is 14.8. The van der Waals surface area contributed by atoms with Crippen LogP contribution in [0.1, 0.15) is 17.4 Å². The number of rotatable bonds is 6. The number of aromatic nitrogens is 1. The van der Waals surface area contributed by atoms with Gasteiger partial charge in [0, 0.05) is 22.0 Å². The van der Waals surface area contributed by atoms with Gasteiger partial charge >= 0.3 is 0 Å². The second-order valence-electron chi connectivity index (χ2n) is 7.02. The van der Waals surface area contributed by atoms with E-state index in [1.807, 2.05) is 32.0 Å². The molecule has 0 bridgehead atoms. The van der Waals surface area contributed by atoms with Gasteiger partial charge in [-0.2, -0.15) is 0 Å². The summed E-state index contributed by atoms with van der Waals surface area (Å²) in [5.41, 5.74) is 2.76. The third-order valence-corrected chi connectivity index (χ3v) is 7.29. The molecule has 162 valence electrons. The van der Waals surface area contributed by atoms with Crippen LogP contribution in [0, 0.1) is 6.92 Å². The van der Waals surface area contributed by atoms with Gasteiger partial charge in [0.25, 0.3) is 5.91 Å². The summed E-state index contributed by atoms with van der Waals surface area (Å²) in [6, 6.07) is 12.2. The lowest BCUT2D eigenvalue weighted by atomic mass is 10.1. The van der Waals surface area contributed by atoms with Crippen LogP contribution < -0.4 is 14.4 Å². The fourth-order valence-electron chi connectivity index (χ4n) is 3.37. The number of sulfonamides is 1. The second kappa shape index (κ2) is 8.49. The van der Waals surface area contributed by atoms with Gasteiger partial charge in [-0.15, -0.1) is 11.3 Å². The Hall–Kier alpha value is -2.62. The number of thiazole rings is 1. The number of nitrogens with one attached hydrogen (secondary N) is 1. The predicted octanol–water partition coefficient (Wildman–Crippen LogP) is 4.46. The van der Waals surface area contributed by atoms with E-state index >= 15 is 0 Å². The van der Waals surface area contributed by atoms with Gasteiger partial charge in [-0.05, 0) is 49.7 Å². The lowest BCUT2D eigenvalue weighted by Gasteiger charge is -2.28. The summed E-state index contributed by atoms with van der Waals surface area (Å²) < 4.78 is 33.2. The summed E-state index contributed by atoms with van der Waals surface area (Å²) in [6.07, 6.45) is 0. The van der Waals surface area contributed by atoms with E-state index in [0.29, 0.717) is 39.4 Å². The van der Waals surface area contributed by atoms with E-state index < -0.39 is 10.0 Å². The van der Waals surface area contributed by atoms with Gasteiger partial charge in [0.15, 0.2) is 11.7 Å². The summed E-state index contributed by atoms with van der Waals surface area (Å²) in [7, 11) is -3.64. The summed E-state index contributed by atoms with van der Waals surface area (Å²) >= 11 is 7.12. The summed E-state index contributed by atoms with van der Waals surface area (Å²) in [6.45, 7) is 4.34. The Kier molecular flexibility index (Phi) is 5.92. The molecule has 4 rings (SSSR count). The third kappa shape index (κ3) is 4.68. The SMILES string of the molecule is CCN1C(=O)COc2ccc(-c3nc(NS(=O)(=O)Cc4ccc(Cl)cc4)sc3C)cc21. The first kappa shape index (κ1) is 21.6. The van der Waals surface area contributed by atoms with Crippen LogP contribution in [0.4, 0.5) is 10.8 Å². The van der Waals surface area contributed by atoms with Gasteiger partial charge in [0.1, 0.15) is 5.75 Å². The molecular formula is C21H20ClN3O4S2. The highest BCUT2D eigenvalue weighted by Gasteiger charge is 2.25. The minimum Gasteiger partial charge on any atom is -0.482 e. The van der Waals surface area contributed by atoms with Gasteiger partial charge in [-0.1, -0.05) is 23.7 Å². The molecule has 1 amide bonds. The molecule has 0 saturated heterocycles. The van der Waals surface area contributed by atoms with Crippen LogP contribution in [-0.2, 0) is 20.6 Å². The normalized spacial score (nSPS) is 13.6. The number of likely N-dealkylation sites (N-methyl/N-ethyl adjacent to an activating group) is 1. The molecule has 0 unspecified atom stereocenters. The summed E-state index contributed by atoms with van der Waals surface area (Å²) in [5, 5.41) is 0.840. The fraction of sp³-hybridized carbons (Fsp3) is 0.238. The highest BCUT2D eigenvalue weighted by atomic mass is 35.5. The molecule has 0 radical (unpaired) electrons. The fourth-order valence-corrected chi connectivity index (χ4v) is 5.75. The lowest BCUT2D eigenvalue weighted by molar-refractivity contribution is -0.121. The van der Waals surface area contributed by atoms with Crippen LogP contribution in [0.25, 0.3) is 11.3 Å². The highest BCUT2D eigenvalue weighted by Crippen LogP contribution is 2.38. The van der Waals surface area contributed by atoms with Gasteiger partial charge in [0.2, 0.25) is 10.0 Å². The zero-order valence-corrected chi connectivity index (χ0v) is 19.3. The number of aryl methyl sites for hydroxylation is 1. The average molecular weight is 478 g/mol. The molecule has 1 aliphatic rings. The Morgan fingerprint density at radius 3 is 2.68 bits per heavy atom. The maximum absolute atomic E-state index is 12.6. The van der Waals surface area contributed by atoms with Crippen molar-refractivity contribution >= 4 is 49.7 Å². The van der Waals surface area contributed by atoms with Crippen LogP contribution in [-0.4, -0.2) is 32.5 Å². The molecule has 2 aromatic carbocycles. The Morgan fingerprint density at radius 1 is 1.23 bits per heavy atom. The van der Waals surface area contributed by atoms with Crippen LogP contribution in [0.3, 0.4) is 0 Å².